The van der Waals surface area contributed by atoms with Gasteiger partial charge in [-0.2, -0.15) is 0 Å². The van der Waals surface area contributed by atoms with Gasteiger partial charge < -0.3 is 14.8 Å². The molecule has 1 N–H and O–H groups in total. The highest BCUT2D eigenvalue weighted by Gasteiger charge is 2.26. The highest BCUT2D eigenvalue weighted by Crippen LogP contribution is 2.29. The van der Waals surface area contributed by atoms with Crippen molar-refractivity contribution in [3.63, 3.8) is 0 Å². The van der Waals surface area contributed by atoms with Crippen LogP contribution in [0, 0.1) is 5.41 Å². The van der Waals surface area contributed by atoms with E-state index in [1.807, 2.05) is 32.0 Å². The molecule has 0 radical (unpaired) electrons. The summed E-state index contributed by atoms with van der Waals surface area (Å²) in [4.78, 5) is 12.3. The Labute approximate surface area is 153 Å². The lowest BCUT2D eigenvalue weighted by Gasteiger charge is -2.33. The smallest absolute Gasteiger partial charge is 0.220 e. The summed E-state index contributed by atoms with van der Waals surface area (Å²) in [7, 11) is 0. The maximum Gasteiger partial charge on any atom is 0.220 e. The van der Waals surface area contributed by atoms with Crippen molar-refractivity contribution in [3.05, 3.63) is 23.8 Å². The molecule has 1 aromatic carbocycles. The van der Waals surface area contributed by atoms with Crippen LogP contribution in [0.2, 0.25) is 0 Å². The van der Waals surface area contributed by atoms with Crippen LogP contribution in [0.5, 0.6) is 11.5 Å². The van der Waals surface area contributed by atoms with Gasteiger partial charge in [-0.1, -0.05) is 26.8 Å². The van der Waals surface area contributed by atoms with Crippen LogP contribution in [0.1, 0.15) is 66.9 Å². The third-order valence-corrected chi connectivity index (χ3v) is 3.70. The molecule has 1 rings (SSSR count). The zero-order valence-electron chi connectivity index (χ0n) is 17.0. The summed E-state index contributed by atoms with van der Waals surface area (Å²) < 4.78 is 11.2. The van der Waals surface area contributed by atoms with Crippen LogP contribution < -0.4 is 14.8 Å². The van der Waals surface area contributed by atoms with Gasteiger partial charge in [0.1, 0.15) is 0 Å². The van der Waals surface area contributed by atoms with Gasteiger partial charge in [-0.25, -0.2) is 0 Å². The molecule has 0 spiro atoms. The number of aryl methyl sites for hydroxylation is 1. The summed E-state index contributed by atoms with van der Waals surface area (Å²) >= 11 is 0. The second-order valence-electron chi connectivity index (χ2n) is 8.32. The Balaban J connectivity index is 2.65. The minimum absolute atomic E-state index is 0.0843. The average molecular weight is 350 g/mol. The minimum atomic E-state index is -0.204. The molecule has 0 saturated carbocycles. The van der Waals surface area contributed by atoms with Gasteiger partial charge in [-0.15, -0.1) is 0 Å². The Morgan fingerprint density at radius 3 is 2.16 bits per heavy atom. The van der Waals surface area contributed by atoms with E-state index in [2.05, 4.69) is 39.9 Å². The first-order valence-corrected chi connectivity index (χ1v) is 9.26. The van der Waals surface area contributed by atoms with Crippen LogP contribution in [0.25, 0.3) is 0 Å². The molecule has 0 aliphatic carbocycles. The Bertz CT molecular complexity index is 559. The van der Waals surface area contributed by atoms with E-state index in [-0.39, 0.29) is 16.9 Å². The fourth-order valence-electron chi connectivity index (χ4n) is 3.32. The van der Waals surface area contributed by atoms with Crippen LogP contribution in [-0.4, -0.2) is 24.7 Å². The number of nitrogens with one attached hydrogen (secondary N) is 1. The maximum absolute atomic E-state index is 12.3. The van der Waals surface area contributed by atoms with Crippen molar-refractivity contribution in [2.75, 3.05) is 13.2 Å². The Morgan fingerprint density at radius 1 is 1.00 bits per heavy atom. The third-order valence-electron chi connectivity index (χ3n) is 3.70. The van der Waals surface area contributed by atoms with Gasteiger partial charge in [0.05, 0.1) is 13.2 Å². The molecule has 0 aliphatic rings. The van der Waals surface area contributed by atoms with Crippen LogP contribution in [0.15, 0.2) is 18.2 Å². The molecule has 1 aromatic rings. The topological polar surface area (TPSA) is 47.6 Å². The lowest BCUT2D eigenvalue weighted by Crippen LogP contribution is -2.45. The van der Waals surface area contributed by atoms with E-state index in [9.17, 15) is 4.79 Å². The number of hydrogen-bond acceptors (Lipinski definition) is 3. The zero-order chi connectivity index (χ0) is 19.1. The molecule has 142 valence electrons. The van der Waals surface area contributed by atoms with Crippen molar-refractivity contribution in [1.29, 1.82) is 0 Å². The van der Waals surface area contributed by atoms with Gasteiger partial charge in [0, 0.05) is 12.0 Å². The van der Waals surface area contributed by atoms with Gasteiger partial charge in [-0.05, 0) is 63.6 Å². The predicted octanol–water partition coefficient (Wildman–Crippen LogP) is 4.75. The summed E-state index contributed by atoms with van der Waals surface area (Å²) in [5.41, 5.74) is 1.05. The fourth-order valence-corrected chi connectivity index (χ4v) is 3.32. The van der Waals surface area contributed by atoms with E-state index in [1.165, 1.54) is 0 Å². The van der Waals surface area contributed by atoms with Crippen molar-refractivity contribution in [2.24, 2.45) is 5.41 Å². The standard InChI is InChI=1S/C21H35NO3/c1-8-24-17-12-10-16(14-18(17)25-9-2)11-13-19(23)22-21(6,7)15-20(3,4)5/h10,12,14H,8-9,11,13,15H2,1-7H3,(H,22,23). The largest absolute Gasteiger partial charge is 0.490 e. The van der Waals surface area contributed by atoms with Gasteiger partial charge in [0.2, 0.25) is 5.91 Å². The van der Waals surface area contributed by atoms with E-state index in [0.29, 0.717) is 26.1 Å². The van der Waals surface area contributed by atoms with E-state index in [0.717, 1.165) is 23.5 Å². The minimum Gasteiger partial charge on any atom is -0.490 e. The molecule has 0 unspecified atom stereocenters. The number of carbonyl (C=O) groups excluding carboxylic acids is 1. The number of hydrogen-bond donors (Lipinski definition) is 1. The molecule has 1 amide bonds. The number of amides is 1. The quantitative estimate of drug-likeness (QED) is 0.700. The molecule has 0 bridgehead atoms. The Morgan fingerprint density at radius 2 is 1.60 bits per heavy atom. The van der Waals surface area contributed by atoms with E-state index >= 15 is 0 Å². The van der Waals surface area contributed by atoms with Gasteiger partial charge in [-0.3, -0.25) is 4.79 Å². The molecule has 0 aliphatic heterocycles. The zero-order valence-corrected chi connectivity index (χ0v) is 17.0. The second kappa shape index (κ2) is 9.12. The van der Waals surface area contributed by atoms with Crippen molar-refractivity contribution in [2.45, 2.75) is 73.3 Å². The van der Waals surface area contributed by atoms with E-state index < -0.39 is 0 Å². The number of carbonyl (C=O) groups is 1. The molecular formula is C21H35NO3. The van der Waals surface area contributed by atoms with Crippen LogP contribution in [0.4, 0.5) is 0 Å². The van der Waals surface area contributed by atoms with Crippen LogP contribution in [-0.2, 0) is 11.2 Å². The van der Waals surface area contributed by atoms with Crippen molar-refractivity contribution >= 4 is 5.91 Å². The monoisotopic (exact) mass is 349 g/mol. The first kappa shape index (κ1) is 21.3. The normalized spacial score (nSPS) is 12.0. The molecule has 0 aromatic heterocycles. The number of ether oxygens (including phenoxy) is 2. The summed E-state index contributed by atoms with van der Waals surface area (Å²) in [6, 6.07) is 5.90. The van der Waals surface area contributed by atoms with Gasteiger partial charge in [0.25, 0.3) is 0 Å². The summed E-state index contributed by atoms with van der Waals surface area (Å²) in [6.07, 6.45) is 2.08. The molecule has 4 heteroatoms. The predicted molar refractivity (Wildman–Crippen MR) is 103 cm³/mol. The van der Waals surface area contributed by atoms with E-state index in [1.54, 1.807) is 0 Å². The first-order valence-electron chi connectivity index (χ1n) is 9.26. The lowest BCUT2D eigenvalue weighted by molar-refractivity contribution is -0.122. The fraction of sp³-hybridized carbons (Fsp3) is 0.667. The van der Waals surface area contributed by atoms with Crippen molar-refractivity contribution in [3.8, 4) is 11.5 Å². The van der Waals surface area contributed by atoms with Gasteiger partial charge in [0.15, 0.2) is 11.5 Å². The molecule has 4 nitrogen and oxygen atoms in total. The molecule has 25 heavy (non-hydrogen) atoms. The summed E-state index contributed by atoms with van der Waals surface area (Å²) in [5.74, 6) is 1.58. The SMILES string of the molecule is CCOc1ccc(CCC(=O)NC(C)(C)CC(C)(C)C)cc1OCC. The van der Waals surface area contributed by atoms with Crippen molar-refractivity contribution < 1.29 is 14.3 Å². The number of benzene rings is 1. The third kappa shape index (κ3) is 8.28. The summed E-state index contributed by atoms with van der Waals surface area (Å²) in [6.45, 7) is 15.8. The van der Waals surface area contributed by atoms with E-state index in [4.69, 9.17) is 9.47 Å². The molecule has 0 atom stereocenters. The lowest BCUT2D eigenvalue weighted by atomic mass is 9.81. The molecule has 0 heterocycles. The molecule has 0 fully saturated rings. The maximum atomic E-state index is 12.3. The summed E-state index contributed by atoms with van der Waals surface area (Å²) in [5, 5.41) is 3.16. The highest BCUT2D eigenvalue weighted by atomic mass is 16.5. The average Bonchev–Trinajstić information content (AvgIpc) is 2.44. The molecular weight excluding hydrogens is 314 g/mol. The van der Waals surface area contributed by atoms with Crippen LogP contribution >= 0.6 is 0 Å². The number of rotatable bonds is 9. The Hall–Kier alpha value is -1.71. The Kier molecular flexibility index (Phi) is 7.78. The van der Waals surface area contributed by atoms with Gasteiger partial charge >= 0.3 is 0 Å². The van der Waals surface area contributed by atoms with Crippen molar-refractivity contribution in [1.82, 2.24) is 5.32 Å². The first-order chi connectivity index (χ1) is 11.6. The second-order valence-corrected chi connectivity index (χ2v) is 8.32. The molecule has 0 saturated heterocycles. The van der Waals surface area contributed by atoms with Crippen LogP contribution in [0.3, 0.4) is 0 Å². The highest BCUT2D eigenvalue weighted by molar-refractivity contribution is 5.77.